The minimum Gasteiger partial charge on any atom is -0.463 e. The standard InChI is InChI=1S/C18H17N3O3/c22-18(17-13-4-1-2-5-15(13)24-21-17)20-11-12-7-8-19-14(10-12)16-6-3-9-23-16/h3,6-10H,1-2,4-5,11H2,(H,20,22). The summed E-state index contributed by atoms with van der Waals surface area (Å²) in [4.78, 5) is 16.7. The van der Waals surface area contributed by atoms with E-state index in [0.29, 0.717) is 18.0 Å². The molecule has 0 saturated heterocycles. The number of rotatable bonds is 4. The molecule has 3 aromatic rings. The number of nitrogens with zero attached hydrogens (tertiary/aromatic N) is 2. The van der Waals surface area contributed by atoms with Gasteiger partial charge >= 0.3 is 0 Å². The average molecular weight is 323 g/mol. The fourth-order valence-corrected chi connectivity index (χ4v) is 2.97. The molecule has 0 unspecified atom stereocenters. The van der Waals surface area contributed by atoms with E-state index in [0.717, 1.165) is 48.3 Å². The number of aromatic nitrogens is 2. The van der Waals surface area contributed by atoms with Crippen molar-refractivity contribution in [2.75, 3.05) is 0 Å². The third kappa shape index (κ3) is 2.82. The summed E-state index contributed by atoms with van der Waals surface area (Å²) in [6, 6.07) is 7.44. The fraction of sp³-hybridized carbons (Fsp3) is 0.278. The van der Waals surface area contributed by atoms with Crippen LogP contribution in [-0.2, 0) is 19.4 Å². The molecule has 0 aromatic carbocycles. The van der Waals surface area contributed by atoms with Crippen molar-refractivity contribution in [1.82, 2.24) is 15.5 Å². The summed E-state index contributed by atoms with van der Waals surface area (Å²) >= 11 is 0. The lowest BCUT2D eigenvalue weighted by molar-refractivity contribution is 0.0941. The molecular formula is C18H17N3O3. The van der Waals surface area contributed by atoms with Gasteiger partial charge in [-0.2, -0.15) is 0 Å². The first-order valence-electron chi connectivity index (χ1n) is 8.05. The first kappa shape index (κ1) is 14.7. The number of carbonyl (C=O) groups is 1. The maximum Gasteiger partial charge on any atom is 0.274 e. The van der Waals surface area contributed by atoms with Gasteiger partial charge in [0.1, 0.15) is 11.5 Å². The Morgan fingerprint density at radius 3 is 3.04 bits per heavy atom. The summed E-state index contributed by atoms with van der Waals surface area (Å²) in [6.07, 6.45) is 7.21. The van der Waals surface area contributed by atoms with Crippen molar-refractivity contribution in [2.45, 2.75) is 32.2 Å². The van der Waals surface area contributed by atoms with Gasteiger partial charge in [0.25, 0.3) is 5.91 Å². The van der Waals surface area contributed by atoms with Crippen LogP contribution in [0.4, 0.5) is 0 Å². The normalized spacial score (nSPS) is 13.5. The molecule has 0 saturated carbocycles. The molecule has 0 radical (unpaired) electrons. The van der Waals surface area contributed by atoms with Gasteiger partial charge in [-0.1, -0.05) is 5.16 Å². The van der Waals surface area contributed by atoms with Crippen LogP contribution < -0.4 is 5.32 Å². The Balaban J connectivity index is 1.46. The van der Waals surface area contributed by atoms with Crippen LogP contribution >= 0.6 is 0 Å². The minimum atomic E-state index is -0.196. The predicted octanol–water partition coefficient (Wildman–Crippen LogP) is 3.14. The van der Waals surface area contributed by atoms with E-state index in [4.69, 9.17) is 8.94 Å². The number of hydrogen-bond acceptors (Lipinski definition) is 5. The number of fused-ring (bicyclic) bond motifs is 1. The second-order valence-electron chi connectivity index (χ2n) is 5.85. The molecule has 6 nitrogen and oxygen atoms in total. The van der Waals surface area contributed by atoms with Gasteiger partial charge in [-0.05, 0) is 49.1 Å². The molecule has 1 aliphatic carbocycles. The van der Waals surface area contributed by atoms with E-state index in [1.165, 1.54) is 0 Å². The van der Waals surface area contributed by atoms with E-state index in [9.17, 15) is 4.79 Å². The van der Waals surface area contributed by atoms with Crippen LogP contribution in [0.2, 0.25) is 0 Å². The maximum atomic E-state index is 12.4. The quantitative estimate of drug-likeness (QED) is 0.797. The van der Waals surface area contributed by atoms with Crippen LogP contribution in [0.3, 0.4) is 0 Å². The fourth-order valence-electron chi connectivity index (χ4n) is 2.97. The Hall–Kier alpha value is -2.89. The van der Waals surface area contributed by atoms with Crippen molar-refractivity contribution in [1.29, 1.82) is 0 Å². The molecule has 6 heteroatoms. The Labute approximate surface area is 138 Å². The molecule has 122 valence electrons. The highest BCUT2D eigenvalue weighted by atomic mass is 16.5. The van der Waals surface area contributed by atoms with Crippen molar-refractivity contribution in [2.24, 2.45) is 0 Å². The topological polar surface area (TPSA) is 81.2 Å². The van der Waals surface area contributed by atoms with E-state index >= 15 is 0 Å². The lowest BCUT2D eigenvalue weighted by atomic mass is 9.96. The highest BCUT2D eigenvalue weighted by Gasteiger charge is 2.23. The monoisotopic (exact) mass is 323 g/mol. The first-order valence-corrected chi connectivity index (χ1v) is 8.05. The zero-order valence-electron chi connectivity index (χ0n) is 13.1. The summed E-state index contributed by atoms with van der Waals surface area (Å²) in [7, 11) is 0. The summed E-state index contributed by atoms with van der Waals surface area (Å²) < 4.78 is 10.6. The molecule has 0 spiro atoms. The minimum absolute atomic E-state index is 0.196. The molecule has 3 aromatic heterocycles. The largest absolute Gasteiger partial charge is 0.463 e. The molecule has 24 heavy (non-hydrogen) atoms. The van der Waals surface area contributed by atoms with Crippen molar-refractivity contribution >= 4 is 5.91 Å². The molecule has 0 atom stereocenters. The van der Waals surface area contributed by atoms with Gasteiger partial charge in [-0.25, -0.2) is 0 Å². The third-order valence-corrected chi connectivity index (χ3v) is 4.22. The van der Waals surface area contributed by atoms with Gasteiger partial charge in [0, 0.05) is 24.7 Å². The molecule has 1 amide bonds. The van der Waals surface area contributed by atoms with Crippen LogP contribution in [0.25, 0.3) is 11.5 Å². The predicted molar refractivity (Wildman–Crippen MR) is 86.3 cm³/mol. The molecule has 3 heterocycles. The Morgan fingerprint density at radius 2 is 2.17 bits per heavy atom. The van der Waals surface area contributed by atoms with Crippen molar-refractivity contribution in [3.8, 4) is 11.5 Å². The molecule has 1 aliphatic rings. The van der Waals surface area contributed by atoms with Crippen molar-refractivity contribution in [3.05, 3.63) is 59.3 Å². The van der Waals surface area contributed by atoms with E-state index < -0.39 is 0 Å². The highest BCUT2D eigenvalue weighted by Crippen LogP contribution is 2.24. The average Bonchev–Trinajstić information content (AvgIpc) is 3.29. The second-order valence-corrected chi connectivity index (χ2v) is 5.85. The number of furan rings is 1. The van der Waals surface area contributed by atoms with Crippen LogP contribution in [0.1, 0.15) is 40.2 Å². The molecule has 1 N–H and O–H groups in total. The number of nitrogens with one attached hydrogen (secondary N) is 1. The first-order chi connectivity index (χ1) is 11.8. The zero-order chi connectivity index (χ0) is 16.4. The summed E-state index contributed by atoms with van der Waals surface area (Å²) in [5.41, 5.74) is 3.07. The SMILES string of the molecule is O=C(NCc1ccnc(-c2ccco2)c1)c1noc2c1CCCC2. The van der Waals surface area contributed by atoms with E-state index in [1.54, 1.807) is 12.5 Å². The molecule has 0 fully saturated rings. The Bertz CT molecular complexity index is 852. The highest BCUT2D eigenvalue weighted by molar-refractivity contribution is 5.93. The maximum absolute atomic E-state index is 12.4. The number of amides is 1. The number of hydrogen-bond donors (Lipinski definition) is 1. The summed E-state index contributed by atoms with van der Waals surface area (Å²) in [6.45, 7) is 0.399. The van der Waals surface area contributed by atoms with E-state index in [-0.39, 0.29) is 5.91 Å². The molecule has 4 rings (SSSR count). The van der Waals surface area contributed by atoms with E-state index in [2.05, 4.69) is 15.5 Å². The molecule has 0 bridgehead atoms. The molecular weight excluding hydrogens is 306 g/mol. The summed E-state index contributed by atoms with van der Waals surface area (Å²) in [5.74, 6) is 1.36. The number of pyridine rings is 1. The van der Waals surface area contributed by atoms with Crippen LogP contribution in [-0.4, -0.2) is 16.0 Å². The van der Waals surface area contributed by atoms with Crippen LogP contribution in [0.5, 0.6) is 0 Å². The lowest BCUT2D eigenvalue weighted by Gasteiger charge is -2.09. The van der Waals surface area contributed by atoms with Crippen molar-refractivity contribution in [3.63, 3.8) is 0 Å². The van der Waals surface area contributed by atoms with Crippen LogP contribution in [0, 0.1) is 0 Å². The molecule has 0 aliphatic heterocycles. The number of carbonyl (C=O) groups excluding carboxylic acids is 1. The van der Waals surface area contributed by atoms with Crippen molar-refractivity contribution < 1.29 is 13.7 Å². The van der Waals surface area contributed by atoms with Gasteiger partial charge in [0.05, 0.1) is 6.26 Å². The van der Waals surface area contributed by atoms with Crippen LogP contribution in [0.15, 0.2) is 45.7 Å². The van der Waals surface area contributed by atoms with E-state index in [1.807, 2.05) is 24.3 Å². The third-order valence-electron chi connectivity index (χ3n) is 4.22. The summed E-state index contributed by atoms with van der Waals surface area (Å²) in [5, 5.41) is 6.86. The van der Waals surface area contributed by atoms with Gasteiger partial charge in [-0.15, -0.1) is 0 Å². The van der Waals surface area contributed by atoms with Gasteiger partial charge < -0.3 is 14.3 Å². The van der Waals surface area contributed by atoms with Gasteiger partial charge in [0.2, 0.25) is 0 Å². The zero-order valence-corrected chi connectivity index (χ0v) is 13.1. The Kier molecular flexibility index (Phi) is 3.86. The number of aryl methyl sites for hydroxylation is 1. The smallest absolute Gasteiger partial charge is 0.274 e. The van der Waals surface area contributed by atoms with Gasteiger partial charge in [0.15, 0.2) is 11.5 Å². The Morgan fingerprint density at radius 1 is 1.25 bits per heavy atom. The van der Waals surface area contributed by atoms with Gasteiger partial charge in [-0.3, -0.25) is 9.78 Å². The second kappa shape index (κ2) is 6.31. The lowest BCUT2D eigenvalue weighted by Crippen LogP contribution is -2.24.